The molecule has 0 saturated carbocycles. The van der Waals surface area contributed by atoms with E-state index in [1.165, 1.54) is 0 Å². The summed E-state index contributed by atoms with van der Waals surface area (Å²) in [5.41, 5.74) is 2.19. The van der Waals surface area contributed by atoms with Gasteiger partial charge in [-0.3, -0.25) is 0 Å². The van der Waals surface area contributed by atoms with E-state index in [1.54, 1.807) is 18.4 Å². The topological polar surface area (TPSA) is 58.5 Å². The van der Waals surface area contributed by atoms with Gasteiger partial charge in [-0.15, -0.1) is 11.3 Å². The van der Waals surface area contributed by atoms with E-state index in [9.17, 15) is 0 Å². The summed E-state index contributed by atoms with van der Waals surface area (Å²) in [6.07, 6.45) is 0.107. The highest BCUT2D eigenvalue weighted by molar-refractivity contribution is 7.13. The smallest absolute Gasteiger partial charge is 0.191 e. The zero-order valence-corrected chi connectivity index (χ0v) is 17.2. The van der Waals surface area contributed by atoms with E-state index in [-0.39, 0.29) is 11.5 Å². The summed E-state index contributed by atoms with van der Waals surface area (Å²) in [6.45, 7) is 10.6. The van der Waals surface area contributed by atoms with Gasteiger partial charge in [0, 0.05) is 31.1 Å². The number of aliphatic imine (C=N–C) groups is 1. The molecule has 1 aromatic carbocycles. The first-order valence-corrected chi connectivity index (χ1v) is 9.86. The number of hydrogen-bond acceptors (Lipinski definition) is 4. The molecule has 0 aliphatic heterocycles. The highest BCUT2D eigenvalue weighted by atomic mass is 32.1. The molecule has 1 heterocycles. The van der Waals surface area contributed by atoms with Crippen molar-refractivity contribution in [2.75, 3.05) is 20.2 Å². The molecule has 5 nitrogen and oxygen atoms in total. The molecule has 0 amide bonds. The van der Waals surface area contributed by atoms with Crippen LogP contribution in [0.4, 0.5) is 0 Å². The Morgan fingerprint density at radius 3 is 2.58 bits per heavy atom. The molecule has 2 aromatic rings. The zero-order valence-electron chi connectivity index (χ0n) is 16.4. The van der Waals surface area contributed by atoms with Gasteiger partial charge in [-0.05, 0) is 12.3 Å². The van der Waals surface area contributed by atoms with Crippen molar-refractivity contribution in [3.05, 3.63) is 41.4 Å². The van der Waals surface area contributed by atoms with Crippen LogP contribution in [0.2, 0.25) is 0 Å². The molecule has 2 N–H and O–H groups in total. The second-order valence-corrected chi connectivity index (χ2v) is 8.03. The molecule has 1 aromatic heterocycles. The lowest BCUT2D eigenvalue weighted by atomic mass is 9.89. The van der Waals surface area contributed by atoms with Crippen LogP contribution in [0, 0.1) is 5.41 Å². The van der Waals surface area contributed by atoms with Crippen molar-refractivity contribution in [3.63, 3.8) is 0 Å². The van der Waals surface area contributed by atoms with Crippen molar-refractivity contribution in [1.29, 1.82) is 0 Å². The maximum Gasteiger partial charge on any atom is 0.191 e. The van der Waals surface area contributed by atoms with Crippen LogP contribution in [0.25, 0.3) is 10.6 Å². The van der Waals surface area contributed by atoms with Crippen LogP contribution in [-0.4, -0.2) is 37.2 Å². The lowest BCUT2D eigenvalue weighted by molar-refractivity contribution is 0.0205. The normalized spacial score (nSPS) is 13.5. The summed E-state index contributed by atoms with van der Waals surface area (Å²) in [5, 5.41) is 9.76. The summed E-state index contributed by atoms with van der Waals surface area (Å²) >= 11 is 1.65. The van der Waals surface area contributed by atoms with E-state index in [2.05, 4.69) is 60.8 Å². The minimum absolute atomic E-state index is 0.0680. The Kier molecular flexibility index (Phi) is 7.60. The monoisotopic (exact) mass is 374 g/mol. The summed E-state index contributed by atoms with van der Waals surface area (Å²) in [7, 11) is 1.75. The number of benzene rings is 1. The molecule has 1 atom stereocenters. The van der Waals surface area contributed by atoms with Crippen molar-refractivity contribution in [3.8, 4) is 10.6 Å². The lowest BCUT2D eigenvalue weighted by Gasteiger charge is -2.30. The first-order valence-electron chi connectivity index (χ1n) is 8.98. The minimum Gasteiger partial charge on any atom is -0.379 e. The van der Waals surface area contributed by atoms with Gasteiger partial charge in [-0.1, -0.05) is 51.1 Å². The van der Waals surface area contributed by atoms with Crippen LogP contribution in [0.3, 0.4) is 0 Å². The molecular weight excluding hydrogens is 344 g/mol. The van der Waals surface area contributed by atoms with Crippen LogP contribution in [-0.2, 0) is 11.3 Å². The van der Waals surface area contributed by atoms with Gasteiger partial charge in [0.15, 0.2) is 5.96 Å². The van der Waals surface area contributed by atoms with Crippen LogP contribution in [0.15, 0.2) is 40.7 Å². The van der Waals surface area contributed by atoms with E-state index in [1.807, 2.05) is 18.2 Å². The van der Waals surface area contributed by atoms with Gasteiger partial charge in [0.1, 0.15) is 5.01 Å². The first-order chi connectivity index (χ1) is 12.4. The average Bonchev–Trinajstić information content (AvgIpc) is 3.08. The molecule has 0 radical (unpaired) electrons. The molecule has 26 heavy (non-hydrogen) atoms. The van der Waals surface area contributed by atoms with Gasteiger partial charge in [0.05, 0.1) is 18.3 Å². The van der Waals surface area contributed by atoms with Gasteiger partial charge in [-0.2, -0.15) is 0 Å². The van der Waals surface area contributed by atoms with Gasteiger partial charge < -0.3 is 15.4 Å². The molecule has 2 rings (SSSR count). The van der Waals surface area contributed by atoms with E-state index in [0.29, 0.717) is 13.1 Å². The number of thiazole rings is 1. The number of aromatic nitrogens is 1. The third-order valence-electron chi connectivity index (χ3n) is 4.02. The third-order valence-corrected chi connectivity index (χ3v) is 4.96. The molecule has 0 aliphatic carbocycles. The SMILES string of the molecule is CCNC(=NCc1csc(-c2ccccc2)n1)NCC(OC)C(C)(C)C. The Morgan fingerprint density at radius 1 is 1.23 bits per heavy atom. The number of nitrogens with zero attached hydrogens (tertiary/aromatic N) is 2. The Bertz CT molecular complexity index is 691. The fourth-order valence-electron chi connectivity index (χ4n) is 2.53. The van der Waals surface area contributed by atoms with Crippen molar-refractivity contribution in [2.24, 2.45) is 10.4 Å². The summed E-state index contributed by atoms with van der Waals surface area (Å²) in [5.74, 6) is 0.785. The van der Waals surface area contributed by atoms with Crippen LogP contribution >= 0.6 is 11.3 Å². The molecule has 0 aliphatic rings. The Morgan fingerprint density at radius 2 is 1.96 bits per heavy atom. The maximum atomic E-state index is 5.60. The zero-order chi connectivity index (χ0) is 19.0. The van der Waals surface area contributed by atoms with Crippen molar-refractivity contribution in [2.45, 2.75) is 40.3 Å². The van der Waals surface area contributed by atoms with Gasteiger partial charge >= 0.3 is 0 Å². The van der Waals surface area contributed by atoms with Gasteiger partial charge in [-0.25, -0.2) is 9.98 Å². The second-order valence-electron chi connectivity index (χ2n) is 7.18. The van der Waals surface area contributed by atoms with E-state index in [4.69, 9.17) is 9.72 Å². The number of nitrogens with one attached hydrogen (secondary N) is 2. The molecule has 142 valence electrons. The second kappa shape index (κ2) is 9.69. The number of hydrogen-bond donors (Lipinski definition) is 2. The van der Waals surface area contributed by atoms with Crippen LogP contribution in [0.1, 0.15) is 33.4 Å². The molecular formula is C20H30N4OS. The van der Waals surface area contributed by atoms with E-state index < -0.39 is 0 Å². The van der Waals surface area contributed by atoms with Crippen molar-refractivity contribution < 1.29 is 4.74 Å². The molecule has 0 bridgehead atoms. The van der Waals surface area contributed by atoms with E-state index in [0.717, 1.165) is 28.8 Å². The molecule has 0 saturated heterocycles. The number of ether oxygens (including phenoxy) is 1. The maximum absolute atomic E-state index is 5.60. The highest BCUT2D eigenvalue weighted by Gasteiger charge is 2.24. The lowest BCUT2D eigenvalue weighted by Crippen LogP contribution is -2.45. The highest BCUT2D eigenvalue weighted by Crippen LogP contribution is 2.23. The Hall–Kier alpha value is -1.92. The Balaban J connectivity index is 1.99. The van der Waals surface area contributed by atoms with Crippen LogP contribution < -0.4 is 10.6 Å². The number of rotatable bonds is 7. The third kappa shape index (κ3) is 6.11. The molecule has 1 unspecified atom stereocenters. The quantitative estimate of drug-likeness (QED) is 0.569. The average molecular weight is 375 g/mol. The summed E-state index contributed by atoms with van der Waals surface area (Å²) < 4.78 is 5.60. The minimum atomic E-state index is 0.0680. The predicted molar refractivity (Wildman–Crippen MR) is 111 cm³/mol. The number of methoxy groups -OCH3 is 1. The predicted octanol–water partition coefficient (Wildman–Crippen LogP) is 3.93. The van der Waals surface area contributed by atoms with Gasteiger partial charge in [0.25, 0.3) is 0 Å². The summed E-state index contributed by atoms with van der Waals surface area (Å²) in [6, 6.07) is 10.2. The van der Waals surface area contributed by atoms with Crippen molar-refractivity contribution in [1.82, 2.24) is 15.6 Å². The number of guanidine groups is 1. The van der Waals surface area contributed by atoms with E-state index >= 15 is 0 Å². The largest absolute Gasteiger partial charge is 0.379 e. The molecule has 0 spiro atoms. The van der Waals surface area contributed by atoms with Crippen molar-refractivity contribution >= 4 is 17.3 Å². The fraction of sp³-hybridized carbons (Fsp3) is 0.500. The van der Waals surface area contributed by atoms with Crippen LogP contribution in [0.5, 0.6) is 0 Å². The fourth-order valence-corrected chi connectivity index (χ4v) is 3.34. The molecule has 0 fully saturated rings. The Labute approximate surface area is 160 Å². The first kappa shape index (κ1) is 20.4. The standard InChI is InChI=1S/C20H30N4OS/c1-6-21-19(23-13-17(25-5)20(2,3)4)22-12-16-14-26-18(24-16)15-10-8-7-9-11-15/h7-11,14,17H,6,12-13H2,1-5H3,(H2,21,22,23). The van der Waals surface area contributed by atoms with Gasteiger partial charge in [0.2, 0.25) is 0 Å². The molecule has 6 heteroatoms. The summed E-state index contributed by atoms with van der Waals surface area (Å²) in [4.78, 5) is 9.36.